The first kappa shape index (κ1) is 30.3. The third kappa shape index (κ3) is 8.37. The van der Waals surface area contributed by atoms with Gasteiger partial charge < -0.3 is 33.2 Å². The van der Waals surface area contributed by atoms with Gasteiger partial charge in [0.2, 0.25) is 6.10 Å². The summed E-state index contributed by atoms with van der Waals surface area (Å²) in [5, 5.41) is 0. The highest BCUT2D eigenvalue weighted by Gasteiger charge is 2.55. The zero-order valence-corrected chi connectivity index (χ0v) is 23.4. The molecule has 3 rings (SSSR count). The number of allylic oxidation sites excluding steroid dienone is 1. The lowest BCUT2D eigenvalue weighted by Crippen LogP contribution is -2.59. The first-order chi connectivity index (χ1) is 18.5. The number of benzene rings is 1. The fourth-order valence-corrected chi connectivity index (χ4v) is 5.06. The molecule has 0 unspecified atom stereocenters. The number of carbonyl (C=O) groups excluding carboxylic acids is 4. The van der Waals surface area contributed by atoms with Crippen molar-refractivity contribution in [1.29, 1.82) is 0 Å². The summed E-state index contributed by atoms with van der Waals surface area (Å²) in [5.74, 6) is -2.22. The Morgan fingerprint density at radius 1 is 0.949 bits per heavy atom. The van der Waals surface area contributed by atoms with Crippen LogP contribution in [0.15, 0.2) is 23.8 Å². The summed E-state index contributed by atoms with van der Waals surface area (Å²) in [6.45, 7) is 6.80. The molecule has 0 amide bonds. The quantitative estimate of drug-likeness (QED) is 0.272. The monoisotopic (exact) mass is 547 g/mol. The van der Waals surface area contributed by atoms with Crippen LogP contribution in [-0.2, 0) is 42.8 Å². The highest BCUT2D eigenvalue weighted by molar-refractivity contribution is 5.69. The molecule has 10 nitrogen and oxygen atoms in total. The first-order valence-electron chi connectivity index (χ1n) is 13.1. The van der Waals surface area contributed by atoms with Crippen molar-refractivity contribution in [1.82, 2.24) is 0 Å². The molecule has 1 aromatic rings. The molecule has 0 aromatic heterocycles. The molecule has 1 saturated heterocycles. The molecule has 5 atom stereocenters. The van der Waals surface area contributed by atoms with E-state index >= 15 is 0 Å². The third-order valence-electron chi connectivity index (χ3n) is 6.90. The number of methoxy groups -OCH3 is 1. The molecule has 39 heavy (non-hydrogen) atoms. The number of hydrogen-bond acceptors (Lipinski definition) is 9. The molecular weight excluding hydrogens is 508 g/mol. The van der Waals surface area contributed by atoms with Crippen molar-refractivity contribution in [2.75, 3.05) is 13.7 Å². The van der Waals surface area contributed by atoms with Crippen LogP contribution < -0.4 is 0 Å². The summed E-state index contributed by atoms with van der Waals surface area (Å²) < 4.78 is 33.9. The van der Waals surface area contributed by atoms with Crippen molar-refractivity contribution in [3.05, 3.63) is 40.5 Å². The number of hydrogen-bond donors (Lipinski definition) is 0. The maximum absolute atomic E-state index is 12.2. The van der Waals surface area contributed by atoms with Gasteiger partial charge in [-0.3, -0.25) is 14.4 Å². The van der Waals surface area contributed by atoms with Gasteiger partial charge in [0.25, 0.3) is 6.10 Å². The van der Waals surface area contributed by atoms with Crippen LogP contribution in [-0.4, -0.2) is 72.9 Å². The number of aryl methyl sites for hydroxylation is 1. The van der Waals surface area contributed by atoms with E-state index in [1.165, 1.54) is 33.3 Å². The Hall–Kier alpha value is -3.24. The van der Waals surface area contributed by atoms with Gasteiger partial charge in [0.15, 0.2) is 12.2 Å². The van der Waals surface area contributed by atoms with Crippen LogP contribution in [0.4, 0.5) is 0 Å². The average Bonchev–Trinajstić information content (AvgIpc) is 2.86. The van der Waals surface area contributed by atoms with Crippen molar-refractivity contribution in [2.24, 2.45) is 0 Å². The predicted molar refractivity (Wildman–Crippen MR) is 141 cm³/mol. The van der Waals surface area contributed by atoms with E-state index < -0.39 is 54.4 Å². The second-order valence-electron chi connectivity index (χ2n) is 10.0. The fourth-order valence-electron chi connectivity index (χ4n) is 5.06. The van der Waals surface area contributed by atoms with Gasteiger partial charge in [-0.05, 0) is 55.4 Å². The number of esters is 4. The van der Waals surface area contributed by atoms with Crippen molar-refractivity contribution >= 4 is 30.0 Å². The molecule has 1 aliphatic heterocycles. The number of carbonyl (C=O) groups is 3. The van der Waals surface area contributed by atoms with Crippen LogP contribution in [0.2, 0.25) is 0 Å². The molecule has 2 fully saturated rings. The Kier molecular flexibility index (Phi) is 10.7. The van der Waals surface area contributed by atoms with Crippen LogP contribution in [0.3, 0.4) is 0 Å². The Bertz CT molecular complexity index is 1080. The molecule has 214 valence electrons. The minimum Gasteiger partial charge on any atom is -0.463 e. The van der Waals surface area contributed by atoms with Gasteiger partial charge in [0, 0.05) is 27.9 Å². The minimum absolute atomic E-state index is 0.238. The van der Waals surface area contributed by atoms with Gasteiger partial charge in [0.05, 0.1) is 13.0 Å². The fraction of sp³-hybridized carbons (Fsp3) is 0.586. The molecular formula is C29H39O10+. The van der Waals surface area contributed by atoms with Gasteiger partial charge in [0.1, 0.15) is 12.7 Å². The lowest BCUT2D eigenvalue weighted by molar-refractivity contribution is -0.247. The number of rotatable bonds is 8. The molecule has 1 aliphatic carbocycles. The van der Waals surface area contributed by atoms with E-state index in [9.17, 15) is 19.2 Å². The Balaban J connectivity index is 2.03. The lowest BCUT2D eigenvalue weighted by Gasteiger charge is -2.42. The average molecular weight is 548 g/mol. The zero-order chi connectivity index (χ0) is 28.7. The van der Waals surface area contributed by atoms with Gasteiger partial charge in [-0.1, -0.05) is 23.8 Å². The van der Waals surface area contributed by atoms with Crippen molar-refractivity contribution in [2.45, 2.75) is 96.9 Å². The Morgan fingerprint density at radius 3 is 2.15 bits per heavy atom. The molecule has 0 radical (unpaired) electrons. The van der Waals surface area contributed by atoms with E-state index in [1.54, 1.807) is 7.11 Å². The van der Waals surface area contributed by atoms with Crippen molar-refractivity contribution < 1.29 is 47.6 Å². The normalized spacial score (nSPS) is 26.8. The van der Waals surface area contributed by atoms with Crippen molar-refractivity contribution in [3.63, 3.8) is 0 Å². The molecule has 0 bridgehead atoms. The van der Waals surface area contributed by atoms with Crippen molar-refractivity contribution in [3.8, 4) is 0 Å². The maximum Gasteiger partial charge on any atom is 0.479 e. The molecule has 10 heteroatoms. The van der Waals surface area contributed by atoms with E-state index in [0.717, 1.165) is 36.8 Å². The Morgan fingerprint density at radius 2 is 1.59 bits per heavy atom. The molecule has 0 spiro atoms. The van der Waals surface area contributed by atoms with Crippen LogP contribution in [0.1, 0.15) is 76.2 Å². The SMILES string of the molecule is COC1CCC(=Cc2cc([C@@H]3O[C@H](COC(C)=O)[C@@H](OC(C)=[OH+])[C@H](OC(C)=O)[C@H]3OC(C)=O)ccc2C)CC1. The van der Waals surface area contributed by atoms with E-state index in [1.807, 2.05) is 25.1 Å². The molecule has 2 aliphatic rings. The molecule has 1 aromatic carbocycles. The minimum atomic E-state index is -1.17. The molecule has 1 saturated carbocycles. The third-order valence-corrected chi connectivity index (χ3v) is 6.90. The van der Waals surface area contributed by atoms with E-state index in [0.29, 0.717) is 5.56 Å². The van der Waals surface area contributed by atoms with Gasteiger partial charge in [-0.15, -0.1) is 0 Å². The Labute approximate surface area is 228 Å². The predicted octanol–water partition coefficient (Wildman–Crippen LogP) is 3.74. The summed E-state index contributed by atoms with van der Waals surface area (Å²) in [7, 11) is 1.74. The van der Waals surface area contributed by atoms with Crippen LogP contribution in [0, 0.1) is 6.92 Å². The lowest BCUT2D eigenvalue weighted by atomic mass is 9.87. The van der Waals surface area contributed by atoms with Gasteiger partial charge in [-0.25, -0.2) is 0 Å². The summed E-state index contributed by atoms with van der Waals surface area (Å²) in [6.07, 6.45) is 1.01. The first-order valence-corrected chi connectivity index (χ1v) is 13.1. The number of ether oxygens (including phenoxy) is 6. The second-order valence-corrected chi connectivity index (χ2v) is 10.0. The summed E-state index contributed by atoms with van der Waals surface area (Å²) in [6, 6.07) is 5.77. The van der Waals surface area contributed by atoms with Gasteiger partial charge >= 0.3 is 23.9 Å². The summed E-state index contributed by atoms with van der Waals surface area (Å²) >= 11 is 0. The van der Waals surface area contributed by atoms with Crippen LogP contribution >= 0.6 is 0 Å². The van der Waals surface area contributed by atoms with Gasteiger partial charge in [-0.2, -0.15) is 0 Å². The van der Waals surface area contributed by atoms with Crippen LogP contribution in [0.25, 0.3) is 6.08 Å². The maximum atomic E-state index is 12.2. The largest absolute Gasteiger partial charge is 0.479 e. The van der Waals surface area contributed by atoms with E-state index in [4.69, 9.17) is 28.4 Å². The topological polar surface area (TPSA) is 128 Å². The smallest absolute Gasteiger partial charge is 0.463 e. The summed E-state index contributed by atoms with van der Waals surface area (Å²) in [5.41, 5.74) is 4.04. The highest BCUT2D eigenvalue weighted by atomic mass is 16.7. The standard InChI is InChI=1S/C29H38O10/c1-16-7-10-22(14-23(16)13-21-8-11-24(34-6)12-9-21)26-28(37-19(4)32)29(38-20(5)33)27(36-18(3)31)25(39-26)15-35-17(2)30/h7,10,13-14,24-29H,8-9,11-12,15H2,1-6H3/p+1/t24?,25-,26+,27-,28+,29+/m1/s1. The molecule has 1 heterocycles. The van der Waals surface area contributed by atoms with E-state index in [2.05, 4.69) is 6.08 Å². The summed E-state index contributed by atoms with van der Waals surface area (Å²) in [4.78, 5) is 45.8. The van der Waals surface area contributed by atoms with E-state index in [-0.39, 0.29) is 12.7 Å². The second kappa shape index (κ2) is 13.7. The highest BCUT2D eigenvalue weighted by Crippen LogP contribution is 2.39. The molecule has 1 N–H and O–H groups in total. The zero-order valence-electron chi connectivity index (χ0n) is 23.4. The van der Waals surface area contributed by atoms with Crippen LogP contribution in [0.5, 0.6) is 0 Å².